The fourth-order valence-corrected chi connectivity index (χ4v) is 2.11. The van der Waals surface area contributed by atoms with Gasteiger partial charge in [0.25, 0.3) is 0 Å². The number of carbonyl (C=O) groups is 1. The highest BCUT2D eigenvalue weighted by Gasteiger charge is 2.12. The highest BCUT2D eigenvalue weighted by Crippen LogP contribution is 2.35. The first kappa shape index (κ1) is 11.6. The van der Waals surface area contributed by atoms with Gasteiger partial charge in [-0.25, -0.2) is 0 Å². The van der Waals surface area contributed by atoms with Crippen molar-refractivity contribution in [2.24, 2.45) is 5.73 Å². The van der Waals surface area contributed by atoms with Crippen LogP contribution in [0.3, 0.4) is 0 Å². The van der Waals surface area contributed by atoms with E-state index >= 15 is 0 Å². The Balaban J connectivity index is 1.92. The van der Waals surface area contributed by atoms with Crippen LogP contribution in [0.4, 0.5) is 0 Å². The molecule has 2 bridgehead atoms. The van der Waals surface area contributed by atoms with Crippen LogP contribution < -0.4 is 15.2 Å². The average Bonchev–Trinajstić information content (AvgIpc) is 2.40. The summed E-state index contributed by atoms with van der Waals surface area (Å²) in [5.74, 6) is 1.30. The molecule has 1 amide bonds. The van der Waals surface area contributed by atoms with Crippen molar-refractivity contribution in [3.05, 3.63) is 48.0 Å². The van der Waals surface area contributed by atoms with E-state index in [0.29, 0.717) is 0 Å². The highest BCUT2D eigenvalue weighted by atomic mass is 16.7. The van der Waals surface area contributed by atoms with Gasteiger partial charge in [0.15, 0.2) is 0 Å². The van der Waals surface area contributed by atoms with E-state index in [1.165, 1.54) is 0 Å². The summed E-state index contributed by atoms with van der Waals surface area (Å²) < 4.78 is 10.7. The second-order valence-corrected chi connectivity index (χ2v) is 4.40. The van der Waals surface area contributed by atoms with E-state index in [2.05, 4.69) is 0 Å². The molecule has 0 saturated heterocycles. The molecule has 0 radical (unpaired) electrons. The maximum Gasteiger partial charge on any atom is 0.230 e. The molecule has 0 fully saturated rings. The molecule has 2 aromatic carbocycles. The Hall–Kier alpha value is -2.49. The lowest BCUT2D eigenvalue weighted by atomic mass is 10.0. The Kier molecular flexibility index (Phi) is 2.83. The Morgan fingerprint density at radius 3 is 2.63 bits per heavy atom. The lowest BCUT2D eigenvalue weighted by molar-refractivity contribution is -0.117. The van der Waals surface area contributed by atoms with Crippen molar-refractivity contribution in [1.29, 1.82) is 0 Å². The van der Waals surface area contributed by atoms with Crippen LogP contribution in [0.2, 0.25) is 0 Å². The third kappa shape index (κ3) is 2.38. The molecule has 96 valence electrons. The molecule has 4 heteroatoms. The molecule has 3 rings (SSSR count). The second-order valence-electron chi connectivity index (χ2n) is 4.40. The smallest absolute Gasteiger partial charge is 0.230 e. The lowest BCUT2D eigenvalue weighted by Crippen LogP contribution is -2.13. The summed E-state index contributed by atoms with van der Waals surface area (Å²) in [5, 5.41) is 0. The zero-order chi connectivity index (χ0) is 13.2. The van der Waals surface area contributed by atoms with Gasteiger partial charge in [-0.05, 0) is 23.3 Å². The average molecular weight is 255 g/mol. The summed E-state index contributed by atoms with van der Waals surface area (Å²) in [7, 11) is 0. The fourth-order valence-electron chi connectivity index (χ4n) is 2.11. The molecule has 1 aliphatic rings. The third-order valence-electron chi connectivity index (χ3n) is 3.04. The maximum absolute atomic E-state index is 10.9. The van der Waals surface area contributed by atoms with E-state index in [1.54, 1.807) is 0 Å². The number of amides is 1. The Morgan fingerprint density at radius 1 is 1.11 bits per heavy atom. The molecule has 0 spiro atoms. The minimum Gasteiger partial charge on any atom is -0.457 e. The molecule has 0 aliphatic carbocycles. The molecule has 2 aromatic rings. The number of carbonyl (C=O) groups excluding carboxylic acids is 1. The molecule has 4 nitrogen and oxygen atoms in total. The van der Waals surface area contributed by atoms with Gasteiger partial charge < -0.3 is 15.2 Å². The normalized spacial score (nSPS) is 12.4. The summed E-state index contributed by atoms with van der Waals surface area (Å²) in [6, 6.07) is 13.5. The van der Waals surface area contributed by atoms with Crippen molar-refractivity contribution >= 4 is 5.91 Å². The van der Waals surface area contributed by atoms with Crippen LogP contribution >= 0.6 is 0 Å². The molecule has 0 atom stereocenters. The van der Waals surface area contributed by atoms with Gasteiger partial charge >= 0.3 is 0 Å². The predicted molar refractivity (Wildman–Crippen MR) is 70.9 cm³/mol. The van der Waals surface area contributed by atoms with Gasteiger partial charge in [0.2, 0.25) is 12.7 Å². The van der Waals surface area contributed by atoms with Crippen molar-refractivity contribution in [1.82, 2.24) is 0 Å². The number of nitrogens with two attached hydrogens (primary N) is 1. The number of hydrogen-bond donors (Lipinski definition) is 1. The zero-order valence-corrected chi connectivity index (χ0v) is 10.3. The predicted octanol–water partition coefficient (Wildman–Crippen LogP) is 2.11. The van der Waals surface area contributed by atoms with Gasteiger partial charge in [-0.15, -0.1) is 0 Å². The van der Waals surface area contributed by atoms with Gasteiger partial charge in [-0.3, -0.25) is 4.79 Å². The molecule has 0 unspecified atom stereocenters. The SMILES string of the molecule is NC(=O)Cc1ccc(-c2ccc3cc2OCO3)cc1. The van der Waals surface area contributed by atoms with Gasteiger partial charge in [-0.1, -0.05) is 24.3 Å². The summed E-state index contributed by atoms with van der Waals surface area (Å²) in [5.41, 5.74) is 8.13. The maximum atomic E-state index is 10.9. The van der Waals surface area contributed by atoms with Crippen LogP contribution in [-0.2, 0) is 11.2 Å². The highest BCUT2D eigenvalue weighted by molar-refractivity contribution is 5.77. The molecule has 1 heterocycles. The lowest BCUT2D eigenvalue weighted by Gasteiger charge is -2.18. The molecule has 2 N–H and O–H groups in total. The van der Waals surface area contributed by atoms with Crippen molar-refractivity contribution < 1.29 is 14.3 Å². The minimum atomic E-state index is -0.326. The standard InChI is InChI=1S/C15H13NO3/c16-15(17)7-10-1-3-11(4-2-10)13-6-5-12-8-14(13)19-9-18-12/h1-6,8H,7,9H2,(H2,16,17). The van der Waals surface area contributed by atoms with Crippen LogP contribution in [-0.4, -0.2) is 12.7 Å². The van der Waals surface area contributed by atoms with Crippen LogP contribution in [0.25, 0.3) is 11.1 Å². The first-order valence-electron chi connectivity index (χ1n) is 5.99. The van der Waals surface area contributed by atoms with E-state index in [0.717, 1.165) is 28.2 Å². The fraction of sp³-hybridized carbons (Fsp3) is 0.133. The first-order valence-corrected chi connectivity index (χ1v) is 5.99. The number of benzene rings is 2. The monoisotopic (exact) mass is 255 g/mol. The first-order chi connectivity index (χ1) is 9.22. The van der Waals surface area contributed by atoms with E-state index in [4.69, 9.17) is 15.2 Å². The topological polar surface area (TPSA) is 61.6 Å². The number of fused-ring (bicyclic) bond motifs is 2. The van der Waals surface area contributed by atoms with E-state index in [-0.39, 0.29) is 19.1 Å². The Morgan fingerprint density at radius 2 is 1.89 bits per heavy atom. The zero-order valence-electron chi connectivity index (χ0n) is 10.3. The second kappa shape index (κ2) is 4.65. The molecule has 19 heavy (non-hydrogen) atoms. The van der Waals surface area contributed by atoms with Gasteiger partial charge in [0.1, 0.15) is 11.5 Å². The summed E-state index contributed by atoms with van der Waals surface area (Å²) in [4.78, 5) is 10.9. The number of hydrogen-bond acceptors (Lipinski definition) is 3. The molecule has 0 saturated carbocycles. The van der Waals surface area contributed by atoms with E-state index < -0.39 is 0 Å². The summed E-state index contributed by atoms with van der Waals surface area (Å²) in [6.45, 7) is 0.245. The van der Waals surface area contributed by atoms with E-state index in [1.807, 2.05) is 42.5 Å². The van der Waals surface area contributed by atoms with Gasteiger partial charge in [0.05, 0.1) is 6.42 Å². The molecule has 1 aliphatic heterocycles. The van der Waals surface area contributed by atoms with Crippen molar-refractivity contribution in [3.8, 4) is 22.6 Å². The van der Waals surface area contributed by atoms with Crippen LogP contribution in [0, 0.1) is 0 Å². The van der Waals surface area contributed by atoms with Gasteiger partial charge in [-0.2, -0.15) is 0 Å². The molecular formula is C15H13NO3. The number of primary amides is 1. The summed E-state index contributed by atoms with van der Waals surface area (Å²) in [6.07, 6.45) is 0.260. The third-order valence-corrected chi connectivity index (χ3v) is 3.04. The van der Waals surface area contributed by atoms with Crippen molar-refractivity contribution in [2.75, 3.05) is 6.79 Å². The van der Waals surface area contributed by atoms with E-state index in [9.17, 15) is 4.79 Å². The van der Waals surface area contributed by atoms with Crippen LogP contribution in [0.5, 0.6) is 11.5 Å². The molecule has 0 aromatic heterocycles. The van der Waals surface area contributed by atoms with Crippen LogP contribution in [0.1, 0.15) is 5.56 Å². The minimum absolute atomic E-state index is 0.245. The van der Waals surface area contributed by atoms with Gasteiger partial charge in [0, 0.05) is 11.6 Å². The van der Waals surface area contributed by atoms with Crippen LogP contribution in [0.15, 0.2) is 42.5 Å². The Labute approximate surface area is 110 Å². The van der Waals surface area contributed by atoms with Crippen molar-refractivity contribution in [3.63, 3.8) is 0 Å². The number of rotatable bonds is 3. The quantitative estimate of drug-likeness (QED) is 0.913. The molecular weight excluding hydrogens is 242 g/mol. The summed E-state index contributed by atoms with van der Waals surface area (Å²) >= 11 is 0. The van der Waals surface area contributed by atoms with Crippen molar-refractivity contribution in [2.45, 2.75) is 6.42 Å². The number of ether oxygens (including phenoxy) is 2. The largest absolute Gasteiger partial charge is 0.457 e. The Bertz CT molecular complexity index is 620.